The Bertz CT molecular complexity index is 1840. The maximum Gasteiger partial charge on any atom is 0.331 e. The van der Waals surface area contributed by atoms with Gasteiger partial charge in [0.25, 0.3) is 0 Å². The molecule has 264 valence electrons. The second-order valence-corrected chi connectivity index (χ2v) is 14.8. The van der Waals surface area contributed by atoms with Crippen molar-refractivity contribution in [3.63, 3.8) is 0 Å². The third-order valence-corrected chi connectivity index (χ3v) is 11.7. The molecule has 0 aliphatic carbocycles. The highest BCUT2D eigenvalue weighted by molar-refractivity contribution is 7.14. The molecule has 10 nitrogen and oxygen atoms in total. The minimum Gasteiger partial charge on any atom is -0.544 e. The molecule has 2 aromatic carbocycles. The molecule has 0 amide bonds. The number of aromatic carboxylic acids is 1. The van der Waals surface area contributed by atoms with Gasteiger partial charge in [-0.15, -0.1) is 11.3 Å². The molecule has 3 aliphatic rings. The summed E-state index contributed by atoms with van der Waals surface area (Å²) >= 11 is 14.2. The second-order valence-electron chi connectivity index (χ2n) is 12.9. The molecule has 0 radical (unpaired) electrons. The Labute approximate surface area is 305 Å². The van der Waals surface area contributed by atoms with Gasteiger partial charge in [-0.3, -0.25) is 15.4 Å². The molecule has 3 saturated heterocycles. The third kappa shape index (κ3) is 7.43. The van der Waals surface area contributed by atoms with Crippen LogP contribution in [0.5, 0.6) is 11.5 Å². The van der Waals surface area contributed by atoms with Crippen molar-refractivity contribution in [2.45, 2.75) is 50.3 Å². The standard InChI is InChI=1S/C37H39Cl2N3O7S/c1-37(24-7-5-4-6-8-24,36(45)49-33-21-41-13-11-22(33)12-14-41)40-18-25-16-27(34(50-25)35(43)44)26(17-28-29(38)19-42(46)20-30(28)39)23-9-10-31(47-2)32(15-23)48-3/h4-10,15-16,19-20,22,26,33,40H,11-14,17-18,21H2,1-3H3,(H-,43,44,46)/t26-,33-,37?/m0/s1. The van der Waals surface area contributed by atoms with E-state index in [1.54, 1.807) is 19.1 Å². The maximum absolute atomic E-state index is 14.0. The molecule has 5 heterocycles. The number of thiophene rings is 1. The average molecular weight is 741 g/mol. The molecule has 2 bridgehead atoms. The Hall–Kier alpha value is -3.87. The van der Waals surface area contributed by atoms with Crippen molar-refractivity contribution in [1.29, 1.82) is 0 Å². The molecule has 0 saturated carbocycles. The van der Waals surface area contributed by atoms with E-state index in [1.165, 1.54) is 26.6 Å². The number of piperidine rings is 3. The van der Waals surface area contributed by atoms with Crippen molar-refractivity contribution in [2.24, 2.45) is 5.92 Å². The molecule has 50 heavy (non-hydrogen) atoms. The van der Waals surface area contributed by atoms with Crippen LogP contribution in [-0.4, -0.2) is 62.0 Å². The predicted molar refractivity (Wildman–Crippen MR) is 187 cm³/mol. The maximum atomic E-state index is 14.0. The Balaban J connectivity index is 1.35. The number of pyridine rings is 1. The van der Waals surface area contributed by atoms with Gasteiger partial charge < -0.3 is 24.1 Å². The monoisotopic (exact) mass is 739 g/mol. The average Bonchev–Trinajstić information content (AvgIpc) is 3.55. The number of carboxylic acids is 1. The largest absolute Gasteiger partial charge is 0.544 e. The lowest BCUT2D eigenvalue weighted by molar-refractivity contribution is -0.904. The quantitative estimate of drug-likeness (QED) is 0.111. The first kappa shape index (κ1) is 35.9. The molecule has 1 unspecified atom stereocenters. The summed E-state index contributed by atoms with van der Waals surface area (Å²) in [7, 11) is 3.05. The summed E-state index contributed by atoms with van der Waals surface area (Å²) in [6.07, 6.45) is 4.67. The molecule has 13 heteroatoms. The van der Waals surface area contributed by atoms with E-state index in [0.29, 0.717) is 39.0 Å². The summed E-state index contributed by atoms with van der Waals surface area (Å²) in [5, 5.41) is 26.5. The second kappa shape index (κ2) is 15.2. The highest BCUT2D eigenvalue weighted by Gasteiger charge is 2.42. The smallest absolute Gasteiger partial charge is 0.331 e. The van der Waals surface area contributed by atoms with Gasteiger partial charge in [0.05, 0.1) is 25.1 Å². The Morgan fingerprint density at radius 2 is 1.74 bits per heavy atom. The van der Waals surface area contributed by atoms with E-state index in [2.05, 4.69) is 10.2 Å². The van der Waals surface area contributed by atoms with Crippen LogP contribution in [0.1, 0.15) is 62.5 Å². The van der Waals surface area contributed by atoms with Gasteiger partial charge in [0.15, 0.2) is 11.5 Å². The molecule has 3 fully saturated rings. The number of methoxy groups -OCH3 is 2. The van der Waals surface area contributed by atoms with Crippen molar-refractivity contribution in [3.8, 4) is 11.5 Å². The van der Waals surface area contributed by atoms with E-state index < -0.39 is 17.4 Å². The normalized spacial score (nSPS) is 20.1. The molecule has 3 atom stereocenters. The van der Waals surface area contributed by atoms with Crippen molar-refractivity contribution >= 4 is 46.5 Å². The van der Waals surface area contributed by atoms with Crippen molar-refractivity contribution < 1.29 is 38.8 Å². The number of halogens is 2. The zero-order valence-electron chi connectivity index (χ0n) is 28.0. The highest BCUT2D eigenvalue weighted by Crippen LogP contribution is 2.41. The van der Waals surface area contributed by atoms with Crippen molar-refractivity contribution in [1.82, 2.24) is 10.2 Å². The molecule has 2 aromatic heterocycles. The number of aromatic nitrogens is 1. The zero-order valence-corrected chi connectivity index (χ0v) is 30.3. The van der Waals surface area contributed by atoms with Crippen LogP contribution >= 0.6 is 34.5 Å². The third-order valence-electron chi connectivity index (χ3n) is 9.89. The number of carbonyl (C=O) groups is 2. The zero-order chi connectivity index (χ0) is 35.6. The van der Waals surface area contributed by atoms with Gasteiger partial charge in [-0.25, -0.2) is 4.79 Å². The van der Waals surface area contributed by atoms with Crippen LogP contribution in [-0.2, 0) is 28.0 Å². The predicted octanol–water partition coefficient (Wildman–Crippen LogP) is 4.98. The van der Waals surface area contributed by atoms with Gasteiger partial charge in [-0.1, -0.05) is 59.6 Å². The summed E-state index contributed by atoms with van der Waals surface area (Å²) in [5.74, 6) is -0.991. The first-order valence-electron chi connectivity index (χ1n) is 16.4. The molecule has 4 aromatic rings. The minimum absolute atomic E-state index is 0.0262. The number of carboxylic acid groups (broad SMARTS) is 1. The first-order valence-corrected chi connectivity index (χ1v) is 18.0. The van der Waals surface area contributed by atoms with Crippen LogP contribution in [0.4, 0.5) is 0 Å². The molecule has 3 aliphatic heterocycles. The summed E-state index contributed by atoms with van der Waals surface area (Å²) in [4.78, 5) is 29.8. The fourth-order valence-electron chi connectivity index (χ4n) is 7.01. The van der Waals surface area contributed by atoms with Gasteiger partial charge >= 0.3 is 5.97 Å². The van der Waals surface area contributed by atoms with E-state index in [0.717, 1.165) is 54.1 Å². The highest BCUT2D eigenvalue weighted by atomic mass is 35.5. The Morgan fingerprint density at radius 3 is 2.34 bits per heavy atom. The summed E-state index contributed by atoms with van der Waals surface area (Å²) < 4.78 is 18.0. The number of hydrogen-bond donors (Lipinski definition) is 2. The van der Waals surface area contributed by atoms with Crippen LogP contribution in [0.3, 0.4) is 0 Å². The lowest BCUT2D eigenvalue weighted by Gasteiger charge is -2.45. The number of rotatable bonds is 13. The molecule has 7 rings (SSSR count). The van der Waals surface area contributed by atoms with Crippen LogP contribution in [0.2, 0.25) is 10.0 Å². The van der Waals surface area contributed by atoms with Crippen LogP contribution in [0.25, 0.3) is 0 Å². The van der Waals surface area contributed by atoms with E-state index >= 15 is 0 Å². The van der Waals surface area contributed by atoms with Crippen LogP contribution in [0, 0.1) is 5.92 Å². The van der Waals surface area contributed by atoms with Gasteiger partial charge in [-0.05, 0) is 80.1 Å². The Kier molecular flexibility index (Phi) is 10.9. The lowest BCUT2D eigenvalue weighted by Crippen LogP contribution is -2.55. The van der Waals surface area contributed by atoms with Crippen LogP contribution in [0.15, 0.2) is 67.0 Å². The SMILES string of the molecule is COc1ccc([C@H](Cc2c(Cl)c[n+](O)cc2Cl)c2cc(CNC(C)(C(=O)O[C@H]3CN4CCC3CC4)c3ccccc3)sc2C(=O)[O-])cc1OC. The van der Waals surface area contributed by atoms with Gasteiger partial charge in [0, 0.05) is 34.2 Å². The van der Waals surface area contributed by atoms with Crippen molar-refractivity contribution in [2.75, 3.05) is 33.9 Å². The van der Waals surface area contributed by atoms with E-state index in [4.69, 9.17) is 37.4 Å². The van der Waals surface area contributed by atoms with E-state index in [9.17, 15) is 19.9 Å². The van der Waals surface area contributed by atoms with Crippen molar-refractivity contribution in [3.05, 3.63) is 109 Å². The van der Waals surface area contributed by atoms with Gasteiger partial charge in [0.2, 0.25) is 12.4 Å². The fourth-order valence-corrected chi connectivity index (χ4v) is 8.61. The first-order chi connectivity index (χ1) is 24.0. The number of nitrogens with zero attached hydrogens (tertiary/aromatic N) is 2. The molecule has 2 N–H and O–H groups in total. The number of nitrogens with one attached hydrogen (secondary N) is 1. The number of esters is 1. The number of carbonyl (C=O) groups excluding carboxylic acids is 2. The number of hydrogen-bond acceptors (Lipinski definition) is 10. The Morgan fingerprint density at radius 1 is 1.06 bits per heavy atom. The van der Waals surface area contributed by atoms with Gasteiger partial charge in [0.1, 0.15) is 21.7 Å². The summed E-state index contributed by atoms with van der Waals surface area (Å²) in [6, 6.07) is 16.6. The minimum atomic E-state index is -1.34. The molecule has 0 spiro atoms. The van der Waals surface area contributed by atoms with E-state index in [-0.39, 0.29) is 40.0 Å². The lowest BCUT2D eigenvalue weighted by atomic mass is 9.85. The van der Waals surface area contributed by atoms with E-state index in [1.807, 2.05) is 42.5 Å². The topological polar surface area (TPSA) is 124 Å². The molecular weight excluding hydrogens is 701 g/mol. The number of benzene rings is 2. The summed E-state index contributed by atoms with van der Waals surface area (Å²) in [6.45, 7) is 4.77. The molecular formula is C37H39Cl2N3O7S. The summed E-state index contributed by atoms with van der Waals surface area (Å²) in [5.41, 5.74) is 1.22. The number of fused-ring (bicyclic) bond motifs is 3. The van der Waals surface area contributed by atoms with Crippen LogP contribution < -0.4 is 24.6 Å². The fraction of sp³-hybridized carbons (Fsp3) is 0.378. The van der Waals surface area contributed by atoms with Gasteiger partial charge in [-0.2, -0.15) is 0 Å². The number of ether oxygens (including phenoxy) is 3.